The van der Waals surface area contributed by atoms with E-state index >= 15 is 0 Å². The summed E-state index contributed by atoms with van der Waals surface area (Å²) in [5.41, 5.74) is 1.77. The highest BCUT2D eigenvalue weighted by atomic mass is 16.5. The van der Waals surface area contributed by atoms with E-state index in [1.807, 2.05) is 24.3 Å². The lowest BCUT2D eigenvalue weighted by molar-refractivity contribution is -0.119. The molecule has 3 rings (SSSR count). The molecule has 1 aliphatic heterocycles. The van der Waals surface area contributed by atoms with Crippen LogP contribution in [0.4, 0.5) is 0 Å². The summed E-state index contributed by atoms with van der Waals surface area (Å²) in [7, 11) is 1.61. The molecule has 1 fully saturated rings. The van der Waals surface area contributed by atoms with Crippen LogP contribution in [-0.2, 0) is 4.79 Å². The van der Waals surface area contributed by atoms with Crippen LogP contribution >= 0.6 is 0 Å². The number of carbonyl (C=O) groups excluding carboxylic acids is 2. The number of hydrogen-bond donors (Lipinski definition) is 1. The average molecular weight is 363 g/mol. The maximum atomic E-state index is 13.0. The lowest BCUT2D eigenvalue weighted by Gasteiger charge is -2.19. The Balaban J connectivity index is 1.87. The third-order valence-corrected chi connectivity index (χ3v) is 4.82. The molecule has 1 aliphatic rings. The van der Waals surface area contributed by atoms with Crippen molar-refractivity contribution in [1.82, 2.24) is 10.2 Å². The monoisotopic (exact) mass is 363 g/mol. The zero-order chi connectivity index (χ0) is 19.4. The van der Waals surface area contributed by atoms with Gasteiger partial charge in [0.1, 0.15) is 5.75 Å². The Hall–Kier alpha value is -3.33. The van der Waals surface area contributed by atoms with E-state index in [1.54, 1.807) is 36.3 Å². The SMILES string of the molecule is COc1ccc([C@@H]2CN(C(=O)c3ccccc3C#N)C[C@H]2NC(C)=O)cc1. The van der Waals surface area contributed by atoms with Crippen molar-refractivity contribution in [1.29, 1.82) is 5.26 Å². The third-order valence-electron chi connectivity index (χ3n) is 4.82. The van der Waals surface area contributed by atoms with Gasteiger partial charge in [-0.2, -0.15) is 5.26 Å². The molecule has 0 aliphatic carbocycles. The second-order valence-electron chi connectivity index (χ2n) is 6.55. The Morgan fingerprint density at radius 1 is 1.15 bits per heavy atom. The van der Waals surface area contributed by atoms with Crippen molar-refractivity contribution in [2.24, 2.45) is 0 Å². The molecule has 0 bridgehead atoms. The first-order chi connectivity index (χ1) is 13.0. The molecule has 0 radical (unpaired) electrons. The Bertz CT molecular complexity index is 886. The number of hydrogen-bond acceptors (Lipinski definition) is 4. The second kappa shape index (κ2) is 7.92. The Morgan fingerprint density at radius 2 is 1.85 bits per heavy atom. The van der Waals surface area contributed by atoms with Crippen molar-refractivity contribution >= 4 is 11.8 Å². The Labute approximate surface area is 158 Å². The van der Waals surface area contributed by atoms with Gasteiger partial charge in [-0.3, -0.25) is 9.59 Å². The van der Waals surface area contributed by atoms with Gasteiger partial charge in [0.2, 0.25) is 5.91 Å². The molecule has 0 spiro atoms. The van der Waals surface area contributed by atoms with Crippen LogP contribution in [0, 0.1) is 11.3 Å². The minimum atomic E-state index is -0.196. The molecule has 2 aromatic rings. The first-order valence-electron chi connectivity index (χ1n) is 8.73. The first kappa shape index (κ1) is 18.5. The van der Waals surface area contributed by atoms with E-state index in [4.69, 9.17) is 4.74 Å². The summed E-state index contributed by atoms with van der Waals surface area (Å²) in [4.78, 5) is 26.3. The number of nitrogens with zero attached hydrogens (tertiary/aromatic N) is 2. The maximum Gasteiger partial charge on any atom is 0.255 e. The summed E-state index contributed by atoms with van der Waals surface area (Å²) in [6.45, 7) is 2.34. The number of ether oxygens (including phenoxy) is 1. The van der Waals surface area contributed by atoms with Crippen LogP contribution < -0.4 is 10.1 Å². The fourth-order valence-corrected chi connectivity index (χ4v) is 3.50. The molecule has 6 nitrogen and oxygen atoms in total. The zero-order valence-electron chi connectivity index (χ0n) is 15.3. The number of carbonyl (C=O) groups is 2. The molecule has 2 amide bonds. The molecule has 1 N–H and O–H groups in total. The number of nitrogens with one attached hydrogen (secondary N) is 1. The van der Waals surface area contributed by atoms with Gasteiger partial charge in [0.05, 0.1) is 30.3 Å². The molecule has 0 aromatic heterocycles. The quantitative estimate of drug-likeness (QED) is 0.904. The number of nitriles is 1. The molecule has 1 saturated heterocycles. The van der Waals surface area contributed by atoms with Gasteiger partial charge in [0.15, 0.2) is 0 Å². The predicted octanol–water partition coefficient (Wildman–Crippen LogP) is 2.31. The average Bonchev–Trinajstić information content (AvgIpc) is 3.10. The number of likely N-dealkylation sites (tertiary alicyclic amines) is 1. The lowest BCUT2D eigenvalue weighted by Crippen LogP contribution is -2.39. The van der Waals surface area contributed by atoms with Crippen LogP contribution in [0.1, 0.15) is 34.3 Å². The summed E-state index contributed by atoms with van der Waals surface area (Å²) >= 11 is 0. The van der Waals surface area contributed by atoms with Crippen molar-refractivity contribution in [3.8, 4) is 11.8 Å². The van der Waals surface area contributed by atoms with Gasteiger partial charge < -0.3 is 15.0 Å². The van der Waals surface area contributed by atoms with E-state index in [0.717, 1.165) is 11.3 Å². The molecule has 138 valence electrons. The lowest BCUT2D eigenvalue weighted by atomic mass is 9.94. The first-order valence-corrected chi connectivity index (χ1v) is 8.73. The van der Waals surface area contributed by atoms with Crippen molar-refractivity contribution in [2.45, 2.75) is 18.9 Å². The van der Waals surface area contributed by atoms with Crippen LogP contribution in [0.25, 0.3) is 0 Å². The molecule has 27 heavy (non-hydrogen) atoms. The van der Waals surface area contributed by atoms with Gasteiger partial charge in [0.25, 0.3) is 5.91 Å². The molecule has 0 unspecified atom stereocenters. The number of rotatable bonds is 4. The summed E-state index contributed by atoms with van der Waals surface area (Å²) in [6, 6.07) is 16.3. The number of benzene rings is 2. The van der Waals surface area contributed by atoms with Gasteiger partial charge >= 0.3 is 0 Å². The van der Waals surface area contributed by atoms with E-state index in [1.165, 1.54) is 6.92 Å². The van der Waals surface area contributed by atoms with Crippen LogP contribution in [0.5, 0.6) is 5.75 Å². The number of amides is 2. The smallest absolute Gasteiger partial charge is 0.255 e. The fourth-order valence-electron chi connectivity index (χ4n) is 3.50. The molecule has 2 atom stereocenters. The summed E-state index contributed by atoms with van der Waals surface area (Å²) in [6.07, 6.45) is 0. The highest BCUT2D eigenvalue weighted by Gasteiger charge is 2.37. The van der Waals surface area contributed by atoms with Crippen LogP contribution in [0.3, 0.4) is 0 Å². The predicted molar refractivity (Wildman–Crippen MR) is 100 cm³/mol. The molecule has 0 saturated carbocycles. The molecular formula is C21H21N3O3. The Kier molecular flexibility index (Phi) is 5.41. The molecular weight excluding hydrogens is 342 g/mol. The van der Waals surface area contributed by atoms with Gasteiger partial charge in [-0.1, -0.05) is 24.3 Å². The van der Waals surface area contributed by atoms with E-state index in [0.29, 0.717) is 24.2 Å². The maximum absolute atomic E-state index is 13.0. The zero-order valence-corrected chi connectivity index (χ0v) is 15.3. The summed E-state index contributed by atoms with van der Waals surface area (Å²) < 4.78 is 5.20. The fraction of sp³-hybridized carbons (Fsp3) is 0.286. The van der Waals surface area contributed by atoms with Crippen molar-refractivity contribution < 1.29 is 14.3 Å². The minimum Gasteiger partial charge on any atom is -0.497 e. The standard InChI is InChI=1S/C21H21N3O3/c1-14(25)23-20-13-24(21(26)18-6-4-3-5-16(18)11-22)12-19(20)15-7-9-17(27-2)10-8-15/h3-10,19-20H,12-13H2,1-2H3,(H,23,25)/t19-,20+/m0/s1. The van der Waals surface area contributed by atoms with Gasteiger partial charge in [-0.15, -0.1) is 0 Å². The normalized spacial score (nSPS) is 18.6. The van der Waals surface area contributed by atoms with Crippen LogP contribution in [-0.4, -0.2) is 43.0 Å². The third kappa shape index (κ3) is 3.93. The van der Waals surface area contributed by atoms with Gasteiger partial charge in [-0.05, 0) is 29.8 Å². The summed E-state index contributed by atoms with van der Waals surface area (Å²) in [5.74, 6) is 0.394. The van der Waals surface area contributed by atoms with E-state index in [9.17, 15) is 14.9 Å². The van der Waals surface area contributed by atoms with Crippen molar-refractivity contribution in [3.05, 3.63) is 65.2 Å². The van der Waals surface area contributed by atoms with Crippen molar-refractivity contribution in [2.75, 3.05) is 20.2 Å². The molecule has 2 aromatic carbocycles. The topological polar surface area (TPSA) is 82.4 Å². The number of methoxy groups -OCH3 is 1. The van der Waals surface area contributed by atoms with Gasteiger partial charge in [-0.25, -0.2) is 0 Å². The molecule has 1 heterocycles. The highest BCUT2D eigenvalue weighted by molar-refractivity contribution is 5.97. The molecule has 6 heteroatoms. The highest BCUT2D eigenvalue weighted by Crippen LogP contribution is 2.30. The van der Waals surface area contributed by atoms with Crippen molar-refractivity contribution in [3.63, 3.8) is 0 Å². The van der Waals surface area contributed by atoms with Crippen LogP contribution in [0.2, 0.25) is 0 Å². The van der Waals surface area contributed by atoms with Crippen LogP contribution in [0.15, 0.2) is 48.5 Å². The largest absolute Gasteiger partial charge is 0.497 e. The van der Waals surface area contributed by atoms with Gasteiger partial charge in [0, 0.05) is 25.9 Å². The second-order valence-corrected chi connectivity index (χ2v) is 6.55. The van der Waals surface area contributed by atoms with E-state index < -0.39 is 0 Å². The minimum absolute atomic E-state index is 0.0296. The van der Waals surface area contributed by atoms with E-state index in [-0.39, 0.29) is 23.8 Å². The van der Waals surface area contributed by atoms with E-state index in [2.05, 4.69) is 11.4 Å². The Morgan fingerprint density at radius 3 is 2.48 bits per heavy atom. The summed E-state index contributed by atoms with van der Waals surface area (Å²) in [5, 5.41) is 12.2.